The molecule has 5 heteroatoms. The number of imidazole rings is 1. The van der Waals surface area contributed by atoms with Gasteiger partial charge in [-0.1, -0.05) is 17.7 Å². The summed E-state index contributed by atoms with van der Waals surface area (Å²) in [5, 5.41) is 2.49. The normalized spacial score (nSPS) is 10.1. The fourth-order valence-electron chi connectivity index (χ4n) is 1.17. The molecule has 4 nitrogen and oxygen atoms in total. The summed E-state index contributed by atoms with van der Waals surface area (Å²) < 4.78 is 0. The van der Waals surface area contributed by atoms with Crippen LogP contribution >= 0.6 is 11.8 Å². The summed E-state index contributed by atoms with van der Waals surface area (Å²) in [7, 11) is 0. The first-order valence-electron chi connectivity index (χ1n) is 4.79. The van der Waals surface area contributed by atoms with Crippen molar-refractivity contribution in [2.75, 3.05) is 5.32 Å². The van der Waals surface area contributed by atoms with Gasteiger partial charge in [0.15, 0.2) is 0 Å². The van der Waals surface area contributed by atoms with Crippen LogP contribution < -0.4 is 5.32 Å². The second kappa shape index (κ2) is 4.85. The number of anilines is 1. The number of amides is 1. The maximum Gasteiger partial charge on any atom is 0.290 e. The van der Waals surface area contributed by atoms with Gasteiger partial charge in [-0.25, -0.2) is 4.98 Å². The third-order valence-corrected chi connectivity index (χ3v) is 2.75. The number of aromatic nitrogens is 2. The molecule has 0 aliphatic heterocycles. The lowest BCUT2D eigenvalue weighted by molar-refractivity contribution is 0.269. The number of rotatable bonds is 2. The highest BCUT2D eigenvalue weighted by atomic mass is 32.2. The molecule has 0 unspecified atom stereocenters. The predicted molar refractivity (Wildman–Crippen MR) is 64.6 cm³/mol. The molecule has 1 aromatic carbocycles. The fourth-order valence-corrected chi connectivity index (χ4v) is 1.80. The van der Waals surface area contributed by atoms with Crippen LogP contribution in [0.3, 0.4) is 0 Å². The van der Waals surface area contributed by atoms with E-state index in [0.717, 1.165) is 16.7 Å². The van der Waals surface area contributed by atoms with Crippen molar-refractivity contribution in [3.8, 4) is 0 Å². The number of aryl methyl sites for hydroxylation is 1. The van der Waals surface area contributed by atoms with E-state index in [4.69, 9.17) is 0 Å². The van der Waals surface area contributed by atoms with Gasteiger partial charge in [0, 0.05) is 17.3 Å². The number of nitrogens with zero attached hydrogens (tertiary/aromatic N) is 1. The monoisotopic (exact) mass is 233 g/mol. The summed E-state index contributed by atoms with van der Waals surface area (Å²) in [6, 6.07) is 7.79. The Labute approximate surface area is 97.5 Å². The summed E-state index contributed by atoms with van der Waals surface area (Å²) in [6.45, 7) is 2.01. The summed E-state index contributed by atoms with van der Waals surface area (Å²) in [6.07, 6.45) is 3.25. The van der Waals surface area contributed by atoms with Crippen molar-refractivity contribution in [3.63, 3.8) is 0 Å². The molecular formula is C11H11N3OS. The third kappa shape index (κ3) is 2.87. The highest BCUT2D eigenvalue weighted by molar-refractivity contribution is 8.13. The SMILES string of the molecule is Cc1ccc(SC(=O)Nc2ncc[nH]2)cc1. The molecule has 16 heavy (non-hydrogen) atoms. The molecule has 2 rings (SSSR count). The number of nitrogens with one attached hydrogen (secondary N) is 2. The Bertz CT molecular complexity index is 464. The number of hydrogen-bond donors (Lipinski definition) is 2. The number of hydrogen-bond acceptors (Lipinski definition) is 3. The predicted octanol–water partition coefficient (Wildman–Crippen LogP) is 3.04. The van der Waals surface area contributed by atoms with E-state index in [-0.39, 0.29) is 5.24 Å². The van der Waals surface area contributed by atoms with E-state index < -0.39 is 0 Å². The fraction of sp³-hybridized carbons (Fsp3) is 0.0909. The van der Waals surface area contributed by atoms with Crippen LogP contribution in [0.1, 0.15) is 5.56 Å². The van der Waals surface area contributed by atoms with Crippen molar-refractivity contribution >= 4 is 22.9 Å². The average molecular weight is 233 g/mol. The van der Waals surface area contributed by atoms with Gasteiger partial charge in [0.05, 0.1) is 0 Å². The molecule has 1 aromatic heterocycles. The first-order valence-corrected chi connectivity index (χ1v) is 5.60. The molecule has 0 aliphatic carbocycles. The minimum absolute atomic E-state index is 0.154. The van der Waals surface area contributed by atoms with Crippen LogP contribution in [0.25, 0.3) is 0 Å². The van der Waals surface area contributed by atoms with Gasteiger partial charge in [0.25, 0.3) is 5.24 Å². The van der Waals surface area contributed by atoms with Crippen LogP contribution in [0, 0.1) is 6.92 Å². The van der Waals surface area contributed by atoms with Crippen LogP contribution in [0.4, 0.5) is 10.7 Å². The van der Waals surface area contributed by atoms with E-state index in [2.05, 4.69) is 15.3 Å². The molecule has 0 aliphatic rings. The first kappa shape index (κ1) is 10.8. The van der Waals surface area contributed by atoms with Gasteiger partial charge in [-0.3, -0.25) is 10.1 Å². The summed E-state index contributed by atoms with van der Waals surface area (Å²) >= 11 is 1.14. The number of thioether (sulfide) groups is 1. The molecule has 0 radical (unpaired) electrons. The highest BCUT2D eigenvalue weighted by Gasteiger charge is 2.05. The lowest BCUT2D eigenvalue weighted by Crippen LogP contribution is -2.05. The van der Waals surface area contributed by atoms with Crippen LogP contribution in [0.5, 0.6) is 0 Å². The molecule has 0 spiro atoms. The summed E-state index contributed by atoms with van der Waals surface area (Å²) in [5.41, 5.74) is 1.18. The lowest BCUT2D eigenvalue weighted by Gasteiger charge is -2.01. The number of carbonyl (C=O) groups excluding carboxylic acids is 1. The van der Waals surface area contributed by atoms with Crippen molar-refractivity contribution in [1.82, 2.24) is 9.97 Å². The van der Waals surface area contributed by atoms with Crippen LogP contribution in [-0.4, -0.2) is 15.2 Å². The molecule has 0 fully saturated rings. The number of benzene rings is 1. The molecule has 0 atom stereocenters. The van der Waals surface area contributed by atoms with E-state index in [1.54, 1.807) is 12.4 Å². The Hall–Kier alpha value is -1.75. The van der Waals surface area contributed by atoms with Gasteiger partial charge >= 0.3 is 0 Å². The van der Waals surface area contributed by atoms with E-state index in [1.165, 1.54) is 5.56 Å². The quantitative estimate of drug-likeness (QED) is 0.784. The van der Waals surface area contributed by atoms with Gasteiger partial charge < -0.3 is 4.98 Å². The molecule has 0 saturated carbocycles. The molecular weight excluding hydrogens is 222 g/mol. The number of aromatic amines is 1. The molecule has 2 N–H and O–H groups in total. The van der Waals surface area contributed by atoms with Gasteiger partial charge in [-0.2, -0.15) is 0 Å². The molecule has 82 valence electrons. The summed E-state index contributed by atoms with van der Waals surface area (Å²) in [4.78, 5) is 19.2. The van der Waals surface area contributed by atoms with Gasteiger partial charge in [-0.15, -0.1) is 0 Å². The Balaban J connectivity index is 1.95. The Morgan fingerprint density at radius 2 is 2.12 bits per heavy atom. The number of carbonyl (C=O) groups is 1. The zero-order valence-corrected chi connectivity index (χ0v) is 9.54. The molecule has 0 saturated heterocycles. The number of H-pyrrole nitrogens is 1. The Kier molecular flexibility index (Phi) is 3.26. The second-order valence-electron chi connectivity index (χ2n) is 3.27. The van der Waals surface area contributed by atoms with E-state index >= 15 is 0 Å². The van der Waals surface area contributed by atoms with E-state index in [0.29, 0.717) is 5.95 Å². The average Bonchev–Trinajstić information content (AvgIpc) is 2.74. The summed E-state index contributed by atoms with van der Waals surface area (Å²) in [5.74, 6) is 0.463. The maximum absolute atomic E-state index is 11.6. The first-order chi connectivity index (χ1) is 7.74. The minimum atomic E-state index is -0.154. The van der Waals surface area contributed by atoms with Crippen molar-refractivity contribution in [2.45, 2.75) is 11.8 Å². The zero-order valence-electron chi connectivity index (χ0n) is 8.73. The topological polar surface area (TPSA) is 57.8 Å². The molecule has 0 bridgehead atoms. The zero-order chi connectivity index (χ0) is 11.4. The van der Waals surface area contributed by atoms with Crippen LogP contribution in [-0.2, 0) is 0 Å². The van der Waals surface area contributed by atoms with Crippen LogP contribution in [0.2, 0.25) is 0 Å². The van der Waals surface area contributed by atoms with E-state index in [9.17, 15) is 4.79 Å². The third-order valence-electron chi connectivity index (χ3n) is 1.95. The second-order valence-corrected chi connectivity index (χ2v) is 4.31. The van der Waals surface area contributed by atoms with Gasteiger partial charge in [0.2, 0.25) is 5.95 Å². The van der Waals surface area contributed by atoms with E-state index in [1.807, 2.05) is 31.2 Å². The lowest BCUT2D eigenvalue weighted by atomic mass is 10.2. The standard InChI is InChI=1S/C11H11N3OS/c1-8-2-4-9(5-3-8)16-11(15)14-10-12-6-7-13-10/h2-7H,1H3,(H2,12,13,14,15). The van der Waals surface area contributed by atoms with Crippen molar-refractivity contribution in [1.29, 1.82) is 0 Å². The highest BCUT2D eigenvalue weighted by Crippen LogP contribution is 2.20. The van der Waals surface area contributed by atoms with Gasteiger partial charge in [0.1, 0.15) is 0 Å². The van der Waals surface area contributed by atoms with Crippen molar-refractivity contribution < 1.29 is 4.79 Å². The maximum atomic E-state index is 11.6. The molecule has 2 aromatic rings. The molecule has 1 heterocycles. The van der Waals surface area contributed by atoms with Crippen LogP contribution in [0.15, 0.2) is 41.6 Å². The van der Waals surface area contributed by atoms with Gasteiger partial charge in [-0.05, 0) is 30.8 Å². The smallest absolute Gasteiger partial charge is 0.290 e. The van der Waals surface area contributed by atoms with Crippen molar-refractivity contribution in [3.05, 3.63) is 42.2 Å². The molecule has 1 amide bonds. The Morgan fingerprint density at radius 3 is 2.75 bits per heavy atom. The largest absolute Gasteiger partial charge is 0.331 e. The van der Waals surface area contributed by atoms with Crippen molar-refractivity contribution in [2.24, 2.45) is 0 Å². The minimum Gasteiger partial charge on any atom is -0.331 e. The Morgan fingerprint density at radius 1 is 1.38 bits per heavy atom.